The molecule has 128 valence electrons. The van der Waals surface area contributed by atoms with E-state index in [0.717, 1.165) is 23.5 Å². The topological polar surface area (TPSA) is 86.8 Å². The summed E-state index contributed by atoms with van der Waals surface area (Å²) in [5, 5.41) is 16.3. The van der Waals surface area contributed by atoms with Crippen molar-refractivity contribution in [3.63, 3.8) is 0 Å². The highest BCUT2D eigenvalue weighted by Gasteiger charge is 2.32. The number of carbonyl (C=O) groups is 1. The Hall–Kier alpha value is -3.66. The van der Waals surface area contributed by atoms with Gasteiger partial charge in [-0.15, -0.1) is 0 Å². The summed E-state index contributed by atoms with van der Waals surface area (Å²) in [6.07, 6.45) is 3.85. The third kappa shape index (κ3) is 3.00. The highest BCUT2D eigenvalue weighted by atomic mass is 16.2. The van der Waals surface area contributed by atoms with Crippen LogP contribution in [0.15, 0.2) is 61.2 Å². The molecule has 1 atom stereocenters. The van der Waals surface area contributed by atoms with Gasteiger partial charge in [-0.25, -0.2) is 9.67 Å². The van der Waals surface area contributed by atoms with Crippen LogP contribution in [0.4, 0.5) is 11.4 Å². The van der Waals surface area contributed by atoms with Crippen LogP contribution in [0.1, 0.15) is 12.0 Å². The zero-order valence-electron chi connectivity index (χ0n) is 13.9. The summed E-state index contributed by atoms with van der Waals surface area (Å²) in [7, 11) is 0. The highest BCUT2D eigenvalue weighted by molar-refractivity contribution is 6.01. The first-order valence-corrected chi connectivity index (χ1v) is 8.28. The normalized spacial score (nSPS) is 16.5. The Kier molecular flexibility index (Phi) is 4.07. The lowest BCUT2D eigenvalue weighted by Gasteiger charge is -2.18. The molecule has 7 heteroatoms. The van der Waals surface area contributed by atoms with Crippen molar-refractivity contribution in [2.75, 3.05) is 16.8 Å². The molecule has 1 aliphatic heterocycles. The average Bonchev–Trinajstić information content (AvgIpc) is 3.34. The predicted molar refractivity (Wildman–Crippen MR) is 96.9 cm³/mol. The number of nitrogens with zero attached hydrogens (tertiary/aromatic N) is 5. The van der Waals surface area contributed by atoms with Gasteiger partial charge in [0, 0.05) is 17.9 Å². The van der Waals surface area contributed by atoms with Crippen molar-refractivity contribution in [2.45, 2.75) is 12.5 Å². The molecule has 0 radical (unpaired) electrons. The molecule has 1 N–H and O–H groups in total. The van der Waals surface area contributed by atoms with E-state index in [9.17, 15) is 4.79 Å². The minimum Gasteiger partial charge on any atom is -0.374 e. The van der Waals surface area contributed by atoms with Gasteiger partial charge in [-0.3, -0.25) is 4.79 Å². The van der Waals surface area contributed by atoms with Crippen molar-refractivity contribution in [3.05, 3.63) is 66.7 Å². The predicted octanol–water partition coefficient (Wildman–Crippen LogP) is 2.36. The summed E-state index contributed by atoms with van der Waals surface area (Å²) in [5.41, 5.74) is 3.20. The Morgan fingerprint density at radius 1 is 1.08 bits per heavy atom. The molecule has 3 aromatic rings. The summed E-state index contributed by atoms with van der Waals surface area (Å²) in [6, 6.07) is 16.6. The standard InChI is InChI=1S/C19H16N6O/c20-11-14-1-5-16(6-2-14)24-10-9-18(19(24)26)23-15-3-7-17(8-4-15)25-13-21-12-22-25/h1-8,12-13,18,23H,9-10H2/t18-/m1/s1. The molecule has 26 heavy (non-hydrogen) atoms. The van der Waals surface area contributed by atoms with Crippen molar-refractivity contribution < 1.29 is 4.79 Å². The molecule has 4 rings (SSSR count). The van der Waals surface area contributed by atoms with E-state index in [-0.39, 0.29) is 11.9 Å². The van der Waals surface area contributed by atoms with E-state index in [0.29, 0.717) is 12.1 Å². The van der Waals surface area contributed by atoms with Crippen molar-refractivity contribution >= 4 is 17.3 Å². The summed E-state index contributed by atoms with van der Waals surface area (Å²) in [4.78, 5) is 18.4. The van der Waals surface area contributed by atoms with Crippen LogP contribution in [0.5, 0.6) is 0 Å². The first kappa shape index (κ1) is 15.8. The molecule has 1 fully saturated rings. The molecule has 0 bridgehead atoms. The number of hydrogen-bond donors (Lipinski definition) is 1. The second-order valence-electron chi connectivity index (χ2n) is 6.02. The van der Waals surface area contributed by atoms with Crippen molar-refractivity contribution in [1.82, 2.24) is 14.8 Å². The Labute approximate surface area is 150 Å². The quantitative estimate of drug-likeness (QED) is 0.785. The van der Waals surface area contributed by atoms with Gasteiger partial charge in [0.05, 0.1) is 17.3 Å². The molecular weight excluding hydrogens is 328 g/mol. The maximum Gasteiger partial charge on any atom is 0.249 e. The van der Waals surface area contributed by atoms with Crippen LogP contribution >= 0.6 is 0 Å². The van der Waals surface area contributed by atoms with E-state index in [1.807, 2.05) is 36.4 Å². The fraction of sp³-hybridized carbons (Fsp3) is 0.158. The smallest absolute Gasteiger partial charge is 0.249 e. The van der Waals surface area contributed by atoms with E-state index < -0.39 is 0 Å². The summed E-state index contributed by atoms with van der Waals surface area (Å²) in [6.45, 7) is 0.652. The van der Waals surface area contributed by atoms with Gasteiger partial charge in [0.2, 0.25) is 5.91 Å². The molecule has 2 aromatic carbocycles. The number of rotatable bonds is 4. The van der Waals surface area contributed by atoms with E-state index in [4.69, 9.17) is 5.26 Å². The average molecular weight is 344 g/mol. The third-order valence-electron chi connectivity index (χ3n) is 4.41. The van der Waals surface area contributed by atoms with Gasteiger partial charge in [-0.1, -0.05) is 0 Å². The van der Waals surface area contributed by atoms with Crippen molar-refractivity contribution in [1.29, 1.82) is 5.26 Å². The van der Waals surface area contributed by atoms with Crippen LogP contribution in [-0.2, 0) is 4.79 Å². The molecule has 2 heterocycles. The number of anilines is 2. The largest absolute Gasteiger partial charge is 0.374 e. The monoisotopic (exact) mass is 344 g/mol. The van der Waals surface area contributed by atoms with Gasteiger partial charge in [0.15, 0.2) is 0 Å². The number of hydrogen-bond acceptors (Lipinski definition) is 5. The Morgan fingerprint density at radius 2 is 1.81 bits per heavy atom. The van der Waals surface area contributed by atoms with Gasteiger partial charge in [-0.05, 0) is 55.0 Å². The maximum atomic E-state index is 12.7. The molecule has 1 amide bonds. The number of carbonyl (C=O) groups excluding carboxylic acids is 1. The van der Waals surface area contributed by atoms with Gasteiger partial charge >= 0.3 is 0 Å². The molecule has 1 aromatic heterocycles. The maximum absolute atomic E-state index is 12.7. The molecule has 1 aliphatic rings. The highest BCUT2D eigenvalue weighted by Crippen LogP contribution is 2.24. The lowest BCUT2D eigenvalue weighted by Crippen LogP contribution is -2.33. The fourth-order valence-electron chi connectivity index (χ4n) is 3.04. The number of aromatic nitrogens is 3. The SMILES string of the molecule is N#Cc1ccc(N2CC[C@@H](Nc3ccc(-n4cncn4)cc3)C2=O)cc1. The molecule has 0 unspecified atom stereocenters. The lowest BCUT2D eigenvalue weighted by molar-refractivity contribution is -0.117. The van der Waals surface area contributed by atoms with Gasteiger partial charge in [0.25, 0.3) is 0 Å². The molecule has 1 saturated heterocycles. The first-order chi connectivity index (χ1) is 12.7. The van der Waals surface area contributed by atoms with E-state index in [1.165, 1.54) is 6.33 Å². The van der Waals surface area contributed by atoms with Gasteiger partial charge in [0.1, 0.15) is 18.7 Å². The number of benzene rings is 2. The molecule has 0 spiro atoms. The zero-order chi connectivity index (χ0) is 17.9. The minimum atomic E-state index is -0.261. The summed E-state index contributed by atoms with van der Waals surface area (Å²) < 4.78 is 1.68. The van der Waals surface area contributed by atoms with Gasteiger partial charge in [-0.2, -0.15) is 10.4 Å². The number of nitriles is 1. The Bertz CT molecular complexity index is 941. The van der Waals surface area contributed by atoms with Crippen LogP contribution in [-0.4, -0.2) is 33.3 Å². The second-order valence-corrected chi connectivity index (χ2v) is 6.02. The first-order valence-electron chi connectivity index (χ1n) is 8.28. The van der Waals surface area contributed by atoms with Crippen LogP contribution in [0.2, 0.25) is 0 Å². The third-order valence-corrected chi connectivity index (χ3v) is 4.41. The molecule has 0 aliphatic carbocycles. The Balaban J connectivity index is 1.44. The zero-order valence-corrected chi connectivity index (χ0v) is 13.9. The molecular formula is C19H16N6O. The van der Waals surface area contributed by atoms with Crippen LogP contribution in [0.25, 0.3) is 5.69 Å². The van der Waals surface area contributed by atoms with E-state index in [1.54, 1.807) is 28.0 Å². The number of nitrogens with one attached hydrogen (secondary N) is 1. The van der Waals surface area contributed by atoms with Crippen molar-refractivity contribution in [2.24, 2.45) is 0 Å². The minimum absolute atomic E-state index is 0.0371. The Morgan fingerprint density at radius 3 is 2.46 bits per heavy atom. The van der Waals surface area contributed by atoms with Crippen LogP contribution in [0, 0.1) is 11.3 Å². The van der Waals surface area contributed by atoms with Crippen LogP contribution in [0.3, 0.4) is 0 Å². The summed E-state index contributed by atoms with van der Waals surface area (Å²) in [5.74, 6) is 0.0371. The van der Waals surface area contributed by atoms with Crippen LogP contribution < -0.4 is 10.2 Å². The summed E-state index contributed by atoms with van der Waals surface area (Å²) >= 11 is 0. The molecule has 7 nitrogen and oxygen atoms in total. The van der Waals surface area contributed by atoms with E-state index >= 15 is 0 Å². The van der Waals surface area contributed by atoms with Gasteiger partial charge < -0.3 is 10.2 Å². The lowest BCUT2D eigenvalue weighted by atomic mass is 10.2. The second kappa shape index (κ2) is 6.69. The fourth-order valence-corrected chi connectivity index (χ4v) is 3.04. The van der Waals surface area contributed by atoms with Crippen molar-refractivity contribution in [3.8, 4) is 11.8 Å². The van der Waals surface area contributed by atoms with E-state index in [2.05, 4.69) is 21.5 Å². The number of amides is 1. The molecule has 0 saturated carbocycles.